The second-order valence-electron chi connectivity index (χ2n) is 5.94. The summed E-state index contributed by atoms with van der Waals surface area (Å²) in [5.41, 5.74) is 1.76. The van der Waals surface area contributed by atoms with E-state index in [0.717, 1.165) is 55.9 Å². The van der Waals surface area contributed by atoms with Crippen LogP contribution in [0.4, 0.5) is 0 Å². The summed E-state index contributed by atoms with van der Waals surface area (Å²) >= 11 is 0. The van der Waals surface area contributed by atoms with Gasteiger partial charge >= 0.3 is 0 Å². The molecule has 1 aromatic heterocycles. The van der Waals surface area contributed by atoms with Gasteiger partial charge in [0.15, 0.2) is 11.5 Å². The molecule has 1 aromatic carbocycles. The zero-order chi connectivity index (χ0) is 15.4. The van der Waals surface area contributed by atoms with Gasteiger partial charge in [-0.05, 0) is 37.9 Å². The first-order chi connectivity index (χ1) is 10.8. The second-order valence-corrected chi connectivity index (χ2v) is 5.94. The lowest BCUT2D eigenvalue weighted by Crippen LogP contribution is -2.42. The fourth-order valence-corrected chi connectivity index (χ4v) is 2.99. The van der Waals surface area contributed by atoms with E-state index in [9.17, 15) is 4.79 Å². The number of amides is 1. The highest BCUT2D eigenvalue weighted by atomic mass is 16.3. The lowest BCUT2D eigenvalue weighted by Gasteiger charge is -2.30. The molecule has 1 aliphatic heterocycles. The molecule has 0 aliphatic carbocycles. The number of nitrogens with one attached hydrogen (secondary N) is 1. The molecular formula is C17H23N3O2. The molecule has 1 atom stereocenters. The molecule has 2 aromatic rings. The quantitative estimate of drug-likeness (QED) is 0.922. The highest BCUT2D eigenvalue weighted by Gasteiger charge is 2.26. The van der Waals surface area contributed by atoms with E-state index in [1.807, 2.05) is 24.3 Å². The maximum atomic E-state index is 11.9. The Bertz CT molecular complexity index is 605. The van der Waals surface area contributed by atoms with Crippen LogP contribution in [-0.4, -0.2) is 42.0 Å². The smallest absolute Gasteiger partial charge is 0.234 e. The number of nitrogens with zero attached hydrogens (tertiary/aromatic N) is 2. The van der Waals surface area contributed by atoms with Crippen LogP contribution >= 0.6 is 0 Å². The van der Waals surface area contributed by atoms with Crippen LogP contribution in [0.1, 0.15) is 38.0 Å². The summed E-state index contributed by atoms with van der Waals surface area (Å²) < 4.78 is 5.89. The lowest BCUT2D eigenvalue weighted by atomic mass is 9.98. The number of hydrogen-bond donors (Lipinski definition) is 1. The molecular weight excluding hydrogens is 278 g/mol. The highest BCUT2D eigenvalue weighted by Crippen LogP contribution is 2.28. The molecule has 1 unspecified atom stereocenters. The summed E-state index contributed by atoms with van der Waals surface area (Å²) in [6.45, 7) is 5.09. The third-order valence-electron chi connectivity index (χ3n) is 4.10. The molecule has 2 heterocycles. The molecule has 0 bridgehead atoms. The Morgan fingerprint density at radius 3 is 3.14 bits per heavy atom. The van der Waals surface area contributed by atoms with Crippen molar-refractivity contribution in [1.29, 1.82) is 0 Å². The van der Waals surface area contributed by atoms with Crippen LogP contribution in [0.25, 0.3) is 11.1 Å². The molecule has 118 valence electrons. The van der Waals surface area contributed by atoms with Crippen molar-refractivity contribution in [2.45, 2.75) is 32.1 Å². The van der Waals surface area contributed by atoms with Crippen LogP contribution < -0.4 is 5.32 Å². The number of carbonyl (C=O) groups excluding carboxylic acids is 1. The largest absolute Gasteiger partial charge is 0.440 e. The normalized spacial score (nSPS) is 19.4. The van der Waals surface area contributed by atoms with Gasteiger partial charge in [-0.1, -0.05) is 19.1 Å². The topological polar surface area (TPSA) is 58.4 Å². The van der Waals surface area contributed by atoms with E-state index in [1.165, 1.54) is 0 Å². The van der Waals surface area contributed by atoms with E-state index < -0.39 is 0 Å². The zero-order valence-electron chi connectivity index (χ0n) is 13.0. The molecule has 1 amide bonds. The van der Waals surface area contributed by atoms with Gasteiger partial charge in [0, 0.05) is 19.0 Å². The first kappa shape index (κ1) is 15.0. The lowest BCUT2D eigenvalue weighted by molar-refractivity contribution is -0.122. The van der Waals surface area contributed by atoms with Gasteiger partial charge in [0.05, 0.1) is 6.54 Å². The number of aromatic nitrogens is 1. The van der Waals surface area contributed by atoms with Gasteiger partial charge < -0.3 is 9.73 Å². The van der Waals surface area contributed by atoms with Crippen molar-refractivity contribution in [2.75, 3.05) is 26.2 Å². The van der Waals surface area contributed by atoms with Gasteiger partial charge in [-0.25, -0.2) is 4.98 Å². The van der Waals surface area contributed by atoms with Gasteiger partial charge in [0.25, 0.3) is 0 Å². The maximum absolute atomic E-state index is 11.9. The number of piperidine rings is 1. The van der Waals surface area contributed by atoms with Gasteiger partial charge in [-0.2, -0.15) is 0 Å². The van der Waals surface area contributed by atoms with Crippen molar-refractivity contribution < 1.29 is 9.21 Å². The van der Waals surface area contributed by atoms with Crippen LogP contribution in [0.2, 0.25) is 0 Å². The Balaban J connectivity index is 1.63. The Morgan fingerprint density at radius 1 is 1.45 bits per heavy atom. The average molecular weight is 301 g/mol. The van der Waals surface area contributed by atoms with E-state index in [-0.39, 0.29) is 11.8 Å². The first-order valence-electron chi connectivity index (χ1n) is 8.11. The minimum absolute atomic E-state index is 0.111. The fourth-order valence-electron chi connectivity index (χ4n) is 2.99. The molecule has 0 radical (unpaired) electrons. The minimum Gasteiger partial charge on any atom is -0.440 e. The number of likely N-dealkylation sites (tertiary alicyclic amines) is 1. The fraction of sp³-hybridized carbons (Fsp3) is 0.529. The van der Waals surface area contributed by atoms with Crippen molar-refractivity contribution >= 4 is 17.0 Å². The van der Waals surface area contributed by atoms with Crippen LogP contribution in [0.15, 0.2) is 28.7 Å². The van der Waals surface area contributed by atoms with Crippen molar-refractivity contribution in [3.63, 3.8) is 0 Å². The van der Waals surface area contributed by atoms with Crippen LogP contribution in [0.3, 0.4) is 0 Å². The van der Waals surface area contributed by atoms with Crippen LogP contribution in [0.5, 0.6) is 0 Å². The van der Waals surface area contributed by atoms with Crippen molar-refractivity contribution in [3.8, 4) is 0 Å². The van der Waals surface area contributed by atoms with Gasteiger partial charge in [-0.3, -0.25) is 9.69 Å². The summed E-state index contributed by atoms with van der Waals surface area (Å²) in [5, 5.41) is 2.94. The monoisotopic (exact) mass is 301 g/mol. The van der Waals surface area contributed by atoms with Gasteiger partial charge in [0.2, 0.25) is 5.91 Å². The third kappa shape index (κ3) is 3.47. The SMILES string of the molecule is CCCNC(=O)CN1CCCC(c2nc3ccccc3o2)C1. The Kier molecular flexibility index (Phi) is 4.73. The number of para-hydroxylation sites is 2. The first-order valence-corrected chi connectivity index (χ1v) is 8.11. The third-order valence-corrected chi connectivity index (χ3v) is 4.10. The van der Waals surface area contributed by atoms with Gasteiger partial charge in [-0.15, -0.1) is 0 Å². The van der Waals surface area contributed by atoms with Crippen molar-refractivity contribution in [1.82, 2.24) is 15.2 Å². The molecule has 0 saturated carbocycles. The van der Waals surface area contributed by atoms with Gasteiger partial charge in [0.1, 0.15) is 5.52 Å². The average Bonchev–Trinajstić information content (AvgIpc) is 2.97. The molecule has 0 spiro atoms. The maximum Gasteiger partial charge on any atom is 0.234 e. The summed E-state index contributed by atoms with van der Waals surface area (Å²) in [6.07, 6.45) is 3.11. The number of rotatable bonds is 5. The molecule has 3 rings (SSSR count). The van der Waals surface area contributed by atoms with Crippen LogP contribution in [-0.2, 0) is 4.79 Å². The molecule has 1 aliphatic rings. The number of hydrogen-bond acceptors (Lipinski definition) is 4. The summed E-state index contributed by atoms with van der Waals surface area (Å²) in [5.74, 6) is 1.19. The van der Waals surface area contributed by atoms with E-state index in [4.69, 9.17) is 4.42 Å². The number of fused-ring (bicyclic) bond motifs is 1. The standard InChI is InChI=1S/C17H23N3O2/c1-2-9-18-16(21)12-20-10-5-6-13(11-20)17-19-14-7-3-4-8-15(14)22-17/h3-4,7-8,13H,2,5-6,9-12H2,1H3,(H,18,21). The summed E-state index contributed by atoms with van der Waals surface area (Å²) in [7, 11) is 0. The Morgan fingerprint density at radius 2 is 2.32 bits per heavy atom. The summed E-state index contributed by atoms with van der Waals surface area (Å²) in [4.78, 5) is 18.7. The van der Waals surface area contributed by atoms with E-state index in [2.05, 4.69) is 22.1 Å². The predicted molar refractivity (Wildman–Crippen MR) is 85.7 cm³/mol. The second kappa shape index (κ2) is 6.92. The number of carbonyl (C=O) groups is 1. The van der Waals surface area contributed by atoms with Crippen LogP contribution in [0, 0.1) is 0 Å². The van der Waals surface area contributed by atoms with E-state index in [0.29, 0.717) is 6.54 Å². The van der Waals surface area contributed by atoms with E-state index >= 15 is 0 Å². The molecule has 1 N–H and O–H groups in total. The highest BCUT2D eigenvalue weighted by molar-refractivity contribution is 5.78. The predicted octanol–water partition coefficient (Wildman–Crippen LogP) is 2.53. The number of benzene rings is 1. The van der Waals surface area contributed by atoms with Crippen molar-refractivity contribution in [3.05, 3.63) is 30.2 Å². The molecule has 5 nitrogen and oxygen atoms in total. The minimum atomic E-state index is 0.111. The Hall–Kier alpha value is -1.88. The molecule has 1 fully saturated rings. The molecule has 1 saturated heterocycles. The summed E-state index contributed by atoms with van der Waals surface area (Å²) in [6, 6.07) is 7.86. The Labute approximate surface area is 130 Å². The van der Waals surface area contributed by atoms with E-state index in [1.54, 1.807) is 0 Å². The zero-order valence-corrected chi connectivity index (χ0v) is 13.0. The van der Waals surface area contributed by atoms with Crippen molar-refractivity contribution in [2.24, 2.45) is 0 Å². The molecule has 5 heteroatoms. The number of oxazole rings is 1. The molecule has 22 heavy (non-hydrogen) atoms.